The van der Waals surface area contributed by atoms with Gasteiger partial charge in [-0.15, -0.1) is 0 Å². The molecule has 0 spiro atoms. The zero-order chi connectivity index (χ0) is 12.3. The fraction of sp³-hybridized carbons (Fsp3) is 0.429. The highest BCUT2D eigenvalue weighted by atomic mass is 79.9. The Balaban J connectivity index is 0. The van der Waals surface area contributed by atoms with Crippen molar-refractivity contribution in [2.45, 2.75) is 41.0 Å². The van der Waals surface area contributed by atoms with Gasteiger partial charge in [-0.2, -0.15) is 0 Å². The van der Waals surface area contributed by atoms with Gasteiger partial charge in [-0.1, -0.05) is 68.8 Å². The van der Waals surface area contributed by atoms with Crippen LogP contribution >= 0.6 is 15.9 Å². The molecule has 0 N–H and O–H groups in total. The van der Waals surface area contributed by atoms with Crippen LogP contribution in [0.1, 0.15) is 45.2 Å². The lowest BCUT2D eigenvalue weighted by Crippen LogP contribution is -1.78. The van der Waals surface area contributed by atoms with E-state index in [-0.39, 0.29) is 0 Å². The average Bonchev–Trinajstić information content (AvgIpc) is 2.26. The zero-order valence-corrected chi connectivity index (χ0v) is 12.2. The molecule has 0 aliphatic rings. The monoisotopic (exact) mass is 270 g/mol. The molecule has 1 rings (SSSR count). The Morgan fingerprint density at radius 1 is 1.27 bits per heavy atom. The molecule has 86 valence electrons. The predicted molar refractivity (Wildman–Crippen MR) is 76.3 cm³/mol. The van der Waals surface area contributed by atoms with Crippen molar-refractivity contribution in [1.29, 1.82) is 0 Å². The van der Waals surface area contributed by atoms with Crippen LogP contribution in [-0.4, -0.2) is 0 Å². The first-order valence-electron chi connectivity index (χ1n) is 5.54. The second kappa shape index (κ2) is 11.5. The molecule has 0 atom stereocenters. The molecule has 0 nitrogen and oxygen atoms in total. The lowest BCUT2D eigenvalue weighted by Gasteiger charge is -1.98. The molecule has 1 aromatic carbocycles. The minimum Gasteiger partial charge on any atom is -0.0985 e. The van der Waals surface area contributed by atoms with Crippen LogP contribution in [0.3, 0.4) is 0 Å². The lowest BCUT2D eigenvalue weighted by molar-refractivity contribution is 1.09. The smallest absolute Gasteiger partial charge is 0.0181 e. The summed E-state index contributed by atoms with van der Waals surface area (Å²) in [7, 11) is 0. The minimum atomic E-state index is 1.10. The summed E-state index contributed by atoms with van der Waals surface area (Å²) in [6, 6.07) is 6.16. The van der Waals surface area contributed by atoms with Gasteiger partial charge in [-0.3, -0.25) is 0 Å². The second-order valence-electron chi connectivity index (χ2n) is 2.91. The van der Waals surface area contributed by atoms with Crippen molar-refractivity contribution in [3.8, 4) is 0 Å². The van der Waals surface area contributed by atoms with E-state index >= 15 is 0 Å². The van der Waals surface area contributed by atoms with E-state index in [0.29, 0.717) is 0 Å². The second-order valence-corrected chi connectivity index (χ2v) is 3.83. The van der Waals surface area contributed by atoms with E-state index in [1.54, 1.807) is 0 Å². The number of hydrogen-bond acceptors (Lipinski definition) is 0. The van der Waals surface area contributed by atoms with Gasteiger partial charge in [0.15, 0.2) is 0 Å². The van der Waals surface area contributed by atoms with Gasteiger partial charge >= 0.3 is 0 Å². The molecule has 15 heavy (non-hydrogen) atoms. The minimum absolute atomic E-state index is 1.10. The van der Waals surface area contributed by atoms with Crippen LogP contribution < -0.4 is 0 Å². The van der Waals surface area contributed by atoms with Crippen molar-refractivity contribution in [3.05, 3.63) is 40.4 Å². The molecule has 0 saturated carbocycles. The van der Waals surface area contributed by atoms with E-state index in [2.05, 4.69) is 55.4 Å². The van der Waals surface area contributed by atoms with Crippen LogP contribution in [0.4, 0.5) is 0 Å². The van der Waals surface area contributed by atoms with Crippen molar-refractivity contribution in [3.63, 3.8) is 0 Å². The first-order chi connectivity index (χ1) is 7.15. The Hall–Kier alpha value is -0.560. The highest BCUT2D eigenvalue weighted by Crippen LogP contribution is 2.16. The first-order valence-corrected chi connectivity index (χ1v) is 6.33. The number of halogens is 1. The summed E-state index contributed by atoms with van der Waals surface area (Å²) in [5.74, 6) is 0. The molecule has 0 fully saturated rings. The summed E-state index contributed by atoms with van der Waals surface area (Å²) in [6.45, 7) is 14.0. The van der Waals surface area contributed by atoms with Gasteiger partial charge in [0.2, 0.25) is 0 Å². The molecule has 0 heterocycles. The van der Waals surface area contributed by atoms with E-state index in [9.17, 15) is 0 Å². The highest BCUT2D eigenvalue weighted by Gasteiger charge is 1.92. The molecule has 0 saturated heterocycles. The van der Waals surface area contributed by atoms with Gasteiger partial charge in [0.1, 0.15) is 0 Å². The molecule has 0 aliphatic heterocycles. The maximum Gasteiger partial charge on any atom is 0.0181 e. The Kier molecular flexibility index (Phi) is 12.9. The van der Waals surface area contributed by atoms with Crippen LogP contribution in [0.2, 0.25) is 0 Å². The highest BCUT2D eigenvalue weighted by molar-refractivity contribution is 9.10. The molecule has 1 heteroatoms. The number of hydrogen-bond donors (Lipinski definition) is 0. The topological polar surface area (TPSA) is 0 Å². The fourth-order valence-electron chi connectivity index (χ4n) is 0.831. The third kappa shape index (κ3) is 8.44. The average molecular weight is 271 g/mol. The summed E-state index contributed by atoms with van der Waals surface area (Å²) >= 11 is 3.39. The van der Waals surface area contributed by atoms with Crippen LogP contribution in [0.5, 0.6) is 0 Å². The van der Waals surface area contributed by atoms with Gasteiger partial charge in [0, 0.05) is 4.47 Å². The largest absolute Gasteiger partial charge is 0.0985 e. The van der Waals surface area contributed by atoms with E-state index in [4.69, 9.17) is 0 Å². The number of benzene rings is 1. The van der Waals surface area contributed by atoms with E-state index in [1.165, 1.54) is 17.5 Å². The SMILES string of the molecule is C=Cc1cc(Br)ccc1C.CC.CCC. The summed E-state index contributed by atoms with van der Waals surface area (Å²) in [6.07, 6.45) is 3.11. The maximum absolute atomic E-state index is 3.71. The van der Waals surface area contributed by atoms with Crippen LogP contribution in [0.25, 0.3) is 6.08 Å². The Morgan fingerprint density at radius 3 is 2.07 bits per heavy atom. The normalized spacial score (nSPS) is 7.87. The van der Waals surface area contributed by atoms with Crippen molar-refractivity contribution in [2.24, 2.45) is 0 Å². The summed E-state index contributed by atoms with van der Waals surface area (Å²) in [5.41, 5.74) is 2.45. The third-order valence-corrected chi connectivity index (χ3v) is 1.95. The molecule has 0 bridgehead atoms. The summed E-state index contributed by atoms with van der Waals surface area (Å²) in [5, 5.41) is 0. The molecule has 1 aromatic rings. The Bertz CT molecular complexity index is 264. The molecular formula is C14H23Br. The zero-order valence-electron chi connectivity index (χ0n) is 10.6. The van der Waals surface area contributed by atoms with Crippen molar-refractivity contribution in [2.75, 3.05) is 0 Å². The summed E-state index contributed by atoms with van der Waals surface area (Å²) in [4.78, 5) is 0. The fourth-order valence-corrected chi connectivity index (χ4v) is 1.21. The van der Waals surface area contributed by atoms with Crippen LogP contribution in [-0.2, 0) is 0 Å². The molecule has 0 aliphatic carbocycles. The Labute approximate surface area is 104 Å². The van der Waals surface area contributed by atoms with Gasteiger partial charge in [-0.25, -0.2) is 0 Å². The molecule has 0 amide bonds. The van der Waals surface area contributed by atoms with Crippen LogP contribution in [0.15, 0.2) is 29.3 Å². The molecule has 0 aromatic heterocycles. The van der Waals surface area contributed by atoms with E-state index < -0.39 is 0 Å². The van der Waals surface area contributed by atoms with Gasteiger partial charge in [-0.05, 0) is 30.2 Å². The maximum atomic E-state index is 3.71. The quantitative estimate of drug-likeness (QED) is 0.601. The van der Waals surface area contributed by atoms with Crippen molar-refractivity contribution < 1.29 is 0 Å². The van der Waals surface area contributed by atoms with Crippen LogP contribution in [0, 0.1) is 6.92 Å². The molecule has 0 radical (unpaired) electrons. The predicted octanol–water partition coefficient (Wildman–Crippen LogP) is 5.84. The van der Waals surface area contributed by atoms with E-state index in [1.807, 2.05) is 26.0 Å². The van der Waals surface area contributed by atoms with Crippen molar-refractivity contribution >= 4 is 22.0 Å². The number of aryl methyl sites for hydroxylation is 1. The molecule has 0 unspecified atom stereocenters. The van der Waals surface area contributed by atoms with Gasteiger partial charge in [0.25, 0.3) is 0 Å². The van der Waals surface area contributed by atoms with Crippen molar-refractivity contribution in [1.82, 2.24) is 0 Å². The van der Waals surface area contributed by atoms with Gasteiger partial charge < -0.3 is 0 Å². The summed E-state index contributed by atoms with van der Waals surface area (Å²) < 4.78 is 1.10. The Morgan fingerprint density at radius 2 is 1.73 bits per heavy atom. The van der Waals surface area contributed by atoms with E-state index in [0.717, 1.165) is 4.47 Å². The lowest BCUT2D eigenvalue weighted by atomic mass is 10.1. The standard InChI is InChI=1S/C9H9Br.C3H8.C2H6/c1-3-8-6-9(10)5-4-7(8)2;1-3-2;1-2/h3-6H,1H2,2H3;3H2,1-2H3;1-2H3. The number of rotatable bonds is 1. The molecular weight excluding hydrogens is 248 g/mol. The van der Waals surface area contributed by atoms with Gasteiger partial charge in [0.05, 0.1) is 0 Å². The third-order valence-electron chi connectivity index (χ3n) is 1.46. The first kappa shape index (κ1) is 16.9.